The van der Waals surface area contributed by atoms with Crippen LogP contribution in [0.25, 0.3) is 0 Å². The van der Waals surface area contributed by atoms with Crippen molar-refractivity contribution in [1.29, 1.82) is 0 Å². The molecule has 1 unspecified atom stereocenters. The maximum absolute atomic E-state index is 12.5. The molecule has 1 atom stereocenters. The van der Waals surface area contributed by atoms with Crippen molar-refractivity contribution in [2.45, 2.75) is 58.5 Å². The fraction of sp³-hybridized carbons (Fsp3) is 0.647. The van der Waals surface area contributed by atoms with Gasteiger partial charge < -0.3 is 14.2 Å². The van der Waals surface area contributed by atoms with E-state index >= 15 is 0 Å². The molecule has 0 N–H and O–H groups in total. The lowest BCUT2D eigenvalue weighted by molar-refractivity contribution is -0.136. The van der Waals surface area contributed by atoms with E-state index in [1.54, 1.807) is 17.2 Å². The maximum atomic E-state index is 12.5. The number of amides is 2. The van der Waals surface area contributed by atoms with E-state index in [0.29, 0.717) is 25.6 Å². The van der Waals surface area contributed by atoms with Crippen LogP contribution in [0.15, 0.2) is 22.8 Å². The Hall–Kier alpha value is -1.78. The Kier molecular flexibility index (Phi) is 6.04. The fourth-order valence-corrected chi connectivity index (χ4v) is 3.07. The summed E-state index contributed by atoms with van der Waals surface area (Å²) in [6.45, 7) is 5.39. The second-order valence-electron chi connectivity index (χ2n) is 5.91. The van der Waals surface area contributed by atoms with Crippen molar-refractivity contribution < 1.29 is 14.0 Å². The van der Waals surface area contributed by atoms with Gasteiger partial charge in [0, 0.05) is 32.5 Å². The third-order valence-corrected chi connectivity index (χ3v) is 4.39. The Labute approximate surface area is 132 Å². The van der Waals surface area contributed by atoms with Gasteiger partial charge in [0.05, 0.1) is 12.8 Å². The highest BCUT2D eigenvalue weighted by atomic mass is 16.3. The van der Waals surface area contributed by atoms with E-state index in [-0.39, 0.29) is 11.8 Å². The molecule has 0 aliphatic carbocycles. The minimum Gasteiger partial charge on any atom is -0.467 e. The minimum atomic E-state index is -0.0325. The van der Waals surface area contributed by atoms with E-state index in [9.17, 15) is 9.59 Å². The standard InChI is InChI=1S/C17H26N2O3/c1-3-15-7-4-5-10-19(15)17(21)9-11-18(14(2)20)13-16-8-6-12-22-16/h6,8,12,15H,3-5,7,9-11,13H2,1-2H3. The van der Waals surface area contributed by atoms with E-state index in [1.807, 2.05) is 11.0 Å². The molecular formula is C17H26N2O3. The molecule has 5 heteroatoms. The van der Waals surface area contributed by atoms with Gasteiger partial charge in [0.15, 0.2) is 0 Å². The lowest BCUT2D eigenvalue weighted by Crippen LogP contribution is -2.44. The number of furan rings is 1. The maximum Gasteiger partial charge on any atom is 0.224 e. The number of hydrogen-bond acceptors (Lipinski definition) is 3. The lowest BCUT2D eigenvalue weighted by Gasteiger charge is -2.35. The van der Waals surface area contributed by atoms with Crippen LogP contribution in [0, 0.1) is 0 Å². The van der Waals surface area contributed by atoms with E-state index in [1.165, 1.54) is 13.3 Å². The van der Waals surface area contributed by atoms with Crippen LogP contribution in [0.2, 0.25) is 0 Å². The van der Waals surface area contributed by atoms with E-state index in [2.05, 4.69) is 6.92 Å². The third kappa shape index (κ3) is 4.36. The van der Waals surface area contributed by atoms with Gasteiger partial charge in [-0.2, -0.15) is 0 Å². The van der Waals surface area contributed by atoms with Crippen molar-refractivity contribution in [2.24, 2.45) is 0 Å². The highest BCUT2D eigenvalue weighted by Gasteiger charge is 2.25. The number of hydrogen-bond donors (Lipinski definition) is 0. The topological polar surface area (TPSA) is 53.8 Å². The summed E-state index contributed by atoms with van der Waals surface area (Å²) in [5.74, 6) is 0.874. The summed E-state index contributed by atoms with van der Waals surface area (Å²) in [5.41, 5.74) is 0. The Morgan fingerprint density at radius 1 is 1.41 bits per heavy atom. The molecule has 0 radical (unpaired) electrons. The van der Waals surface area contributed by atoms with E-state index in [0.717, 1.165) is 31.6 Å². The van der Waals surface area contributed by atoms with Gasteiger partial charge in [-0.05, 0) is 37.8 Å². The number of carbonyl (C=O) groups excluding carboxylic acids is 2. The summed E-state index contributed by atoms with van der Waals surface area (Å²) < 4.78 is 5.28. The van der Waals surface area contributed by atoms with Gasteiger partial charge in [-0.1, -0.05) is 6.92 Å². The molecule has 2 rings (SSSR count). The molecular weight excluding hydrogens is 280 g/mol. The second kappa shape index (κ2) is 8.01. The van der Waals surface area contributed by atoms with Crippen molar-refractivity contribution in [1.82, 2.24) is 9.80 Å². The number of piperidine rings is 1. The molecule has 0 spiro atoms. The second-order valence-corrected chi connectivity index (χ2v) is 5.91. The first-order chi connectivity index (χ1) is 10.6. The Balaban J connectivity index is 1.88. The van der Waals surface area contributed by atoms with Crippen molar-refractivity contribution in [2.75, 3.05) is 13.1 Å². The summed E-state index contributed by atoms with van der Waals surface area (Å²) in [5, 5.41) is 0. The predicted octanol–water partition coefficient (Wildman–Crippen LogP) is 2.81. The molecule has 1 fully saturated rings. The molecule has 0 saturated carbocycles. The molecule has 0 aromatic carbocycles. The zero-order valence-corrected chi connectivity index (χ0v) is 13.6. The van der Waals surface area contributed by atoms with Crippen LogP contribution in [0.3, 0.4) is 0 Å². The van der Waals surface area contributed by atoms with Crippen molar-refractivity contribution >= 4 is 11.8 Å². The predicted molar refractivity (Wildman–Crippen MR) is 84.1 cm³/mol. The fourth-order valence-electron chi connectivity index (χ4n) is 3.07. The number of carbonyl (C=O) groups is 2. The normalized spacial score (nSPS) is 18.3. The zero-order chi connectivity index (χ0) is 15.9. The largest absolute Gasteiger partial charge is 0.467 e. The Morgan fingerprint density at radius 3 is 2.86 bits per heavy atom. The molecule has 1 aliphatic heterocycles. The van der Waals surface area contributed by atoms with E-state index in [4.69, 9.17) is 4.42 Å². The summed E-state index contributed by atoms with van der Waals surface area (Å²) in [7, 11) is 0. The van der Waals surface area contributed by atoms with Crippen LogP contribution in [0.5, 0.6) is 0 Å². The Morgan fingerprint density at radius 2 is 2.23 bits per heavy atom. The molecule has 122 valence electrons. The molecule has 22 heavy (non-hydrogen) atoms. The summed E-state index contributed by atoms with van der Waals surface area (Å²) in [6.07, 6.45) is 6.39. The number of rotatable bonds is 6. The van der Waals surface area contributed by atoms with Gasteiger partial charge >= 0.3 is 0 Å². The highest BCUT2D eigenvalue weighted by molar-refractivity contribution is 5.78. The number of nitrogens with zero attached hydrogens (tertiary/aromatic N) is 2. The first-order valence-electron chi connectivity index (χ1n) is 8.19. The van der Waals surface area contributed by atoms with Crippen molar-refractivity contribution in [3.8, 4) is 0 Å². The van der Waals surface area contributed by atoms with Gasteiger partial charge in [-0.25, -0.2) is 0 Å². The first-order valence-corrected chi connectivity index (χ1v) is 8.19. The van der Waals surface area contributed by atoms with Gasteiger partial charge in [0.2, 0.25) is 11.8 Å². The molecule has 2 amide bonds. The molecule has 5 nitrogen and oxygen atoms in total. The summed E-state index contributed by atoms with van der Waals surface area (Å²) >= 11 is 0. The molecule has 1 aliphatic rings. The van der Waals surface area contributed by atoms with Crippen LogP contribution in [-0.2, 0) is 16.1 Å². The van der Waals surface area contributed by atoms with Crippen molar-refractivity contribution in [3.05, 3.63) is 24.2 Å². The van der Waals surface area contributed by atoms with Gasteiger partial charge in [0.1, 0.15) is 5.76 Å². The summed E-state index contributed by atoms with van der Waals surface area (Å²) in [6, 6.07) is 4.02. The molecule has 2 heterocycles. The van der Waals surface area contributed by atoms with Crippen LogP contribution in [-0.4, -0.2) is 40.7 Å². The smallest absolute Gasteiger partial charge is 0.224 e. The zero-order valence-electron chi connectivity index (χ0n) is 13.6. The molecule has 1 aromatic heterocycles. The van der Waals surface area contributed by atoms with Crippen molar-refractivity contribution in [3.63, 3.8) is 0 Å². The molecule has 0 bridgehead atoms. The van der Waals surface area contributed by atoms with Gasteiger partial charge in [-0.3, -0.25) is 9.59 Å². The SMILES string of the molecule is CCC1CCCCN1C(=O)CCN(Cc1ccco1)C(C)=O. The van der Waals surface area contributed by atoms with Gasteiger partial charge in [-0.15, -0.1) is 0 Å². The highest BCUT2D eigenvalue weighted by Crippen LogP contribution is 2.20. The van der Waals surface area contributed by atoms with Crippen LogP contribution >= 0.6 is 0 Å². The number of likely N-dealkylation sites (tertiary alicyclic amines) is 1. The van der Waals surface area contributed by atoms with E-state index < -0.39 is 0 Å². The average Bonchev–Trinajstić information content (AvgIpc) is 3.03. The molecule has 1 aromatic rings. The van der Waals surface area contributed by atoms with Gasteiger partial charge in [0.25, 0.3) is 0 Å². The minimum absolute atomic E-state index is 0.0325. The quantitative estimate of drug-likeness (QED) is 0.812. The monoisotopic (exact) mass is 306 g/mol. The lowest BCUT2D eigenvalue weighted by atomic mass is 9.99. The van der Waals surface area contributed by atoms with Crippen LogP contribution in [0.1, 0.15) is 51.7 Å². The third-order valence-electron chi connectivity index (χ3n) is 4.39. The summed E-state index contributed by atoms with van der Waals surface area (Å²) in [4.78, 5) is 27.9. The van der Waals surface area contributed by atoms with Crippen LogP contribution in [0.4, 0.5) is 0 Å². The first kappa shape index (κ1) is 16.6. The Bertz CT molecular complexity index is 484. The average molecular weight is 306 g/mol. The van der Waals surface area contributed by atoms with Crippen LogP contribution < -0.4 is 0 Å². The molecule has 1 saturated heterocycles.